The second-order valence-corrected chi connectivity index (χ2v) is 2.11. The third kappa shape index (κ3) is 0.690. The topological polar surface area (TPSA) is 49.3 Å². The Kier molecular flexibility index (Phi) is 1.01. The van der Waals surface area contributed by atoms with Gasteiger partial charge in [0.1, 0.15) is 5.60 Å². The zero-order chi connectivity index (χ0) is 6.20. The molecule has 0 radical (unpaired) electrons. The number of nitrogens with one attached hydrogen (secondary N) is 1. The van der Waals surface area contributed by atoms with Gasteiger partial charge in [0.05, 0.1) is 0 Å². The Labute approximate surface area is 47.7 Å². The molecule has 1 aliphatic carbocycles. The molecular formula is C5H9NO2. The van der Waals surface area contributed by atoms with Crippen molar-refractivity contribution in [1.82, 2.24) is 5.32 Å². The van der Waals surface area contributed by atoms with Gasteiger partial charge in [-0.05, 0) is 12.8 Å². The molecular weight excluding hydrogens is 106 g/mol. The Bertz CT molecular complexity index is 118. The molecule has 0 saturated heterocycles. The minimum atomic E-state index is -0.991. The number of hydrogen-bond donors (Lipinski definition) is 2. The van der Waals surface area contributed by atoms with Crippen LogP contribution in [0.15, 0.2) is 0 Å². The molecule has 3 heteroatoms. The van der Waals surface area contributed by atoms with Crippen molar-refractivity contribution < 1.29 is 9.90 Å². The van der Waals surface area contributed by atoms with E-state index < -0.39 is 5.60 Å². The van der Waals surface area contributed by atoms with E-state index in [1.807, 2.05) is 0 Å². The van der Waals surface area contributed by atoms with Gasteiger partial charge in [-0.2, -0.15) is 0 Å². The van der Waals surface area contributed by atoms with Crippen molar-refractivity contribution in [3.63, 3.8) is 0 Å². The lowest BCUT2D eigenvalue weighted by atomic mass is 10.3. The second-order valence-electron chi connectivity index (χ2n) is 2.11. The van der Waals surface area contributed by atoms with E-state index in [-0.39, 0.29) is 5.91 Å². The first-order valence-electron chi connectivity index (χ1n) is 2.63. The molecule has 46 valence electrons. The summed E-state index contributed by atoms with van der Waals surface area (Å²) in [6.45, 7) is 0. The third-order valence-electron chi connectivity index (χ3n) is 1.37. The fourth-order valence-electron chi connectivity index (χ4n) is 0.578. The van der Waals surface area contributed by atoms with Crippen molar-refractivity contribution in [2.45, 2.75) is 18.4 Å². The van der Waals surface area contributed by atoms with Crippen molar-refractivity contribution in [2.75, 3.05) is 7.05 Å². The zero-order valence-corrected chi connectivity index (χ0v) is 4.77. The van der Waals surface area contributed by atoms with E-state index in [1.165, 1.54) is 7.05 Å². The van der Waals surface area contributed by atoms with Gasteiger partial charge in [-0.1, -0.05) is 0 Å². The van der Waals surface area contributed by atoms with E-state index in [0.717, 1.165) is 0 Å². The van der Waals surface area contributed by atoms with Crippen LogP contribution in [0.1, 0.15) is 12.8 Å². The molecule has 0 aromatic heterocycles. The number of amides is 1. The number of carbonyl (C=O) groups excluding carboxylic acids is 1. The first-order chi connectivity index (χ1) is 3.69. The van der Waals surface area contributed by atoms with Crippen molar-refractivity contribution in [2.24, 2.45) is 0 Å². The molecule has 1 amide bonds. The van der Waals surface area contributed by atoms with Crippen molar-refractivity contribution in [3.8, 4) is 0 Å². The molecule has 0 heterocycles. The average Bonchev–Trinajstić information content (AvgIpc) is 2.47. The highest BCUT2D eigenvalue weighted by Gasteiger charge is 2.47. The number of hydrogen-bond acceptors (Lipinski definition) is 2. The lowest BCUT2D eigenvalue weighted by Crippen LogP contribution is -2.33. The molecule has 0 atom stereocenters. The Hall–Kier alpha value is -0.570. The number of aliphatic hydroxyl groups is 1. The first-order valence-corrected chi connectivity index (χ1v) is 2.63. The normalized spacial score (nSPS) is 22.2. The SMILES string of the molecule is CNC(=O)C1(O)CC1. The lowest BCUT2D eigenvalue weighted by molar-refractivity contribution is -0.130. The van der Waals surface area contributed by atoms with Crippen LogP contribution in [-0.2, 0) is 4.79 Å². The Morgan fingerprint density at radius 1 is 1.75 bits per heavy atom. The molecule has 0 spiro atoms. The van der Waals surface area contributed by atoms with Gasteiger partial charge in [-0.25, -0.2) is 0 Å². The largest absolute Gasteiger partial charge is 0.380 e. The van der Waals surface area contributed by atoms with Gasteiger partial charge in [-0.3, -0.25) is 4.79 Å². The highest BCUT2D eigenvalue weighted by atomic mass is 16.3. The van der Waals surface area contributed by atoms with E-state index in [4.69, 9.17) is 5.11 Å². The maximum atomic E-state index is 10.5. The average molecular weight is 115 g/mol. The molecule has 3 nitrogen and oxygen atoms in total. The standard InChI is InChI=1S/C5H9NO2/c1-6-4(7)5(8)2-3-5/h8H,2-3H2,1H3,(H,6,7). The van der Waals surface area contributed by atoms with Crippen molar-refractivity contribution in [3.05, 3.63) is 0 Å². The molecule has 2 N–H and O–H groups in total. The van der Waals surface area contributed by atoms with Crippen LogP contribution >= 0.6 is 0 Å². The van der Waals surface area contributed by atoms with E-state index in [2.05, 4.69) is 5.32 Å². The van der Waals surface area contributed by atoms with Crippen LogP contribution in [0, 0.1) is 0 Å². The van der Waals surface area contributed by atoms with Gasteiger partial charge in [0.15, 0.2) is 0 Å². The molecule has 8 heavy (non-hydrogen) atoms. The fourth-order valence-corrected chi connectivity index (χ4v) is 0.578. The van der Waals surface area contributed by atoms with Crippen LogP contribution in [0.2, 0.25) is 0 Å². The van der Waals surface area contributed by atoms with Crippen LogP contribution in [0.3, 0.4) is 0 Å². The van der Waals surface area contributed by atoms with Crippen molar-refractivity contribution in [1.29, 1.82) is 0 Å². The quantitative estimate of drug-likeness (QED) is 0.472. The van der Waals surface area contributed by atoms with Gasteiger partial charge in [-0.15, -0.1) is 0 Å². The number of likely N-dealkylation sites (N-methyl/N-ethyl adjacent to an activating group) is 1. The molecule has 0 unspecified atom stereocenters. The summed E-state index contributed by atoms with van der Waals surface area (Å²) in [5, 5.41) is 11.4. The summed E-state index contributed by atoms with van der Waals surface area (Å²) in [6, 6.07) is 0. The van der Waals surface area contributed by atoms with E-state index in [1.54, 1.807) is 0 Å². The van der Waals surface area contributed by atoms with E-state index in [9.17, 15) is 4.79 Å². The third-order valence-corrected chi connectivity index (χ3v) is 1.37. The summed E-state index contributed by atoms with van der Waals surface area (Å²) in [6.07, 6.45) is 1.24. The van der Waals surface area contributed by atoms with Crippen LogP contribution in [0.25, 0.3) is 0 Å². The Balaban J connectivity index is 2.46. The molecule has 0 bridgehead atoms. The maximum absolute atomic E-state index is 10.5. The summed E-state index contributed by atoms with van der Waals surface area (Å²) in [7, 11) is 1.53. The highest BCUT2D eigenvalue weighted by molar-refractivity contribution is 5.87. The zero-order valence-electron chi connectivity index (χ0n) is 4.77. The molecule has 1 rings (SSSR count). The van der Waals surface area contributed by atoms with Crippen LogP contribution in [-0.4, -0.2) is 23.7 Å². The summed E-state index contributed by atoms with van der Waals surface area (Å²) >= 11 is 0. The fraction of sp³-hybridized carbons (Fsp3) is 0.800. The monoisotopic (exact) mass is 115 g/mol. The molecule has 1 fully saturated rings. The number of carbonyl (C=O) groups is 1. The predicted octanol–water partition coefficient (Wildman–Crippen LogP) is -0.743. The smallest absolute Gasteiger partial charge is 0.251 e. The van der Waals surface area contributed by atoms with E-state index in [0.29, 0.717) is 12.8 Å². The highest BCUT2D eigenvalue weighted by Crippen LogP contribution is 2.34. The number of rotatable bonds is 1. The summed E-state index contributed by atoms with van der Waals surface area (Å²) < 4.78 is 0. The summed E-state index contributed by atoms with van der Waals surface area (Å²) in [5.41, 5.74) is -0.991. The van der Waals surface area contributed by atoms with Gasteiger partial charge >= 0.3 is 0 Å². The Morgan fingerprint density at radius 3 is 2.38 bits per heavy atom. The van der Waals surface area contributed by atoms with Crippen LogP contribution < -0.4 is 5.32 Å². The molecule has 0 aromatic rings. The van der Waals surface area contributed by atoms with Gasteiger partial charge in [0.25, 0.3) is 5.91 Å². The predicted molar refractivity (Wildman–Crippen MR) is 28.3 cm³/mol. The van der Waals surface area contributed by atoms with Gasteiger partial charge in [0.2, 0.25) is 0 Å². The van der Waals surface area contributed by atoms with Gasteiger partial charge in [0, 0.05) is 7.05 Å². The van der Waals surface area contributed by atoms with Crippen molar-refractivity contribution >= 4 is 5.91 Å². The Morgan fingerprint density at radius 2 is 2.25 bits per heavy atom. The van der Waals surface area contributed by atoms with E-state index >= 15 is 0 Å². The molecule has 1 aliphatic rings. The first kappa shape index (κ1) is 5.56. The minimum absolute atomic E-state index is 0.252. The van der Waals surface area contributed by atoms with Crippen LogP contribution in [0.5, 0.6) is 0 Å². The summed E-state index contributed by atoms with van der Waals surface area (Å²) in [4.78, 5) is 10.5. The second kappa shape index (κ2) is 1.45. The molecule has 1 saturated carbocycles. The van der Waals surface area contributed by atoms with Crippen LogP contribution in [0.4, 0.5) is 0 Å². The van der Waals surface area contributed by atoms with Gasteiger partial charge < -0.3 is 10.4 Å². The lowest BCUT2D eigenvalue weighted by Gasteiger charge is -2.02. The maximum Gasteiger partial charge on any atom is 0.251 e. The molecule has 0 aromatic carbocycles. The minimum Gasteiger partial charge on any atom is -0.380 e. The summed E-state index contributed by atoms with van der Waals surface area (Å²) in [5.74, 6) is -0.252. The molecule has 0 aliphatic heterocycles.